The quantitative estimate of drug-likeness (QED) is 0.136. The van der Waals surface area contributed by atoms with Crippen molar-refractivity contribution in [2.24, 2.45) is 5.41 Å². The van der Waals surface area contributed by atoms with Gasteiger partial charge in [0.2, 0.25) is 5.91 Å². The van der Waals surface area contributed by atoms with Crippen LogP contribution in [0.5, 0.6) is 5.75 Å². The molecule has 3 N–H and O–H groups in total. The number of carbonyl (C=O) groups excluding carboxylic acids is 1. The summed E-state index contributed by atoms with van der Waals surface area (Å²) in [5.74, 6) is -0.141. The third kappa shape index (κ3) is 6.70. The minimum Gasteiger partial charge on any atom is -0.487 e. The summed E-state index contributed by atoms with van der Waals surface area (Å²) in [7, 11) is -3.39. The van der Waals surface area contributed by atoms with Crippen molar-refractivity contribution in [1.29, 1.82) is 0 Å². The summed E-state index contributed by atoms with van der Waals surface area (Å²) in [6.07, 6.45) is 5.02. The van der Waals surface area contributed by atoms with Crippen LogP contribution in [0.2, 0.25) is 0 Å². The Morgan fingerprint density at radius 3 is 2.57 bits per heavy atom. The Hall–Kier alpha value is -3.88. The molecular formula is C36H42BrN7O4S. The number of halogens is 1. The van der Waals surface area contributed by atoms with Crippen LogP contribution in [0.1, 0.15) is 67.9 Å². The van der Waals surface area contributed by atoms with Gasteiger partial charge in [0, 0.05) is 23.5 Å². The van der Waals surface area contributed by atoms with Crippen molar-refractivity contribution in [3.63, 3.8) is 0 Å². The molecule has 1 aliphatic rings. The van der Waals surface area contributed by atoms with Gasteiger partial charge in [0.25, 0.3) is 0 Å². The molecule has 0 saturated heterocycles. The van der Waals surface area contributed by atoms with Crippen LogP contribution in [0.15, 0.2) is 76.6 Å². The van der Waals surface area contributed by atoms with Crippen LogP contribution in [0.3, 0.4) is 0 Å². The molecule has 0 saturated carbocycles. The van der Waals surface area contributed by atoms with Crippen molar-refractivity contribution < 1.29 is 18.6 Å². The molecule has 5 aromatic rings. The molecule has 3 aromatic carbocycles. The normalized spacial score (nSPS) is 17.5. The van der Waals surface area contributed by atoms with E-state index < -0.39 is 22.1 Å². The average Bonchev–Trinajstić information content (AvgIpc) is 3.46. The van der Waals surface area contributed by atoms with Gasteiger partial charge >= 0.3 is 0 Å². The molecule has 6 rings (SSSR count). The van der Waals surface area contributed by atoms with E-state index >= 15 is 0 Å². The second-order valence-electron chi connectivity index (χ2n) is 13.1. The first-order chi connectivity index (χ1) is 23.3. The molecule has 258 valence electrons. The Kier molecular flexibility index (Phi) is 9.84. The number of aryl methyl sites for hydroxylation is 3. The first-order valence-corrected chi connectivity index (χ1v) is 18.6. The topological polar surface area (TPSA) is 139 Å². The monoisotopic (exact) mass is 747 g/mol. The average molecular weight is 749 g/mol. The van der Waals surface area contributed by atoms with Gasteiger partial charge in [-0.25, -0.2) is 14.6 Å². The Bertz CT molecular complexity index is 2000. The number of hydrogen-bond donors (Lipinski definition) is 3. The molecule has 2 unspecified atom stereocenters. The molecule has 0 bridgehead atoms. The van der Waals surface area contributed by atoms with E-state index in [0.29, 0.717) is 35.8 Å². The fraction of sp³-hybridized carbons (Fsp3) is 0.361. The second kappa shape index (κ2) is 13.8. The van der Waals surface area contributed by atoms with E-state index in [2.05, 4.69) is 59.7 Å². The van der Waals surface area contributed by atoms with Crippen LogP contribution in [0, 0.1) is 19.3 Å². The zero-order chi connectivity index (χ0) is 35.1. The van der Waals surface area contributed by atoms with E-state index in [0.717, 1.165) is 43.3 Å². The molecule has 2 aromatic heterocycles. The zero-order valence-electron chi connectivity index (χ0n) is 28.5. The number of aromatic nitrogens is 5. The zero-order valence-corrected chi connectivity index (χ0v) is 30.9. The van der Waals surface area contributed by atoms with Crippen molar-refractivity contribution in [2.45, 2.75) is 78.0 Å². The fourth-order valence-electron chi connectivity index (χ4n) is 6.59. The number of ether oxygens (including phenoxy) is 1. The van der Waals surface area contributed by atoms with E-state index in [9.17, 15) is 13.9 Å². The highest BCUT2D eigenvalue weighted by Gasteiger charge is 2.41. The van der Waals surface area contributed by atoms with Gasteiger partial charge in [-0.3, -0.25) is 13.9 Å². The van der Waals surface area contributed by atoms with Crippen molar-refractivity contribution in [1.82, 2.24) is 29.3 Å². The SMILES string of the molecule is CCC1CN(Cc2cc(C(c3ccc4c(nnn4CC)c3C)C(C)(C)C(=O)Nc3cncnc3)ccc2C)S(O)(O)c2ccc(Br)cc2O1. The number of carbonyl (C=O) groups is 1. The first-order valence-electron chi connectivity index (χ1n) is 16.3. The van der Waals surface area contributed by atoms with Crippen LogP contribution in [0.4, 0.5) is 5.69 Å². The lowest BCUT2D eigenvalue weighted by Gasteiger charge is -2.42. The maximum absolute atomic E-state index is 14.2. The summed E-state index contributed by atoms with van der Waals surface area (Å²) in [6, 6.07) is 15.6. The maximum Gasteiger partial charge on any atom is 0.231 e. The molecule has 1 aliphatic heterocycles. The Balaban J connectivity index is 1.45. The van der Waals surface area contributed by atoms with Crippen LogP contribution in [0.25, 0.3) is 11.0 Å². The van der Waals surface area contributed by atoms with Crippen LogP contribution in [-0.4, -0.2) is 56.9 Å². The van der Waals surface area contributed by atoms with Gasteiger partial charge in [0.05, 0.1) is 35.6 Å². The third-order valence-corrected chi connectivity index (χ3v) is 11.9. The standard InChI is InChI=1S/C36H42BrN7O4S/c1-7-28-20-43(49(46,47)32-14-11-26(37)16-31(32)48-28)19-25-15-24(10-9-22(25)3)33(36(5,6)35(45)40-27-17-38-21-39-18-27)29-12-13-30-34(23(29)4)41-42-44(30)8-2/h9-18,21,28,33,46-47H,7-8,19-20H2,1-6H3,(H,40,45). The smallest absolute Gasteiger partial charge is 0.231 e. The molecule has 0 fully saturated rings. The largest absolute Gasteiger partial charge is 0.487 e. The van der Waals surface area contributed by atoms with Gasteiger partial charge < -0.3 is 10.1 Å². The molecule has 1 amide bonds. The number of amides is 1. The van der Waals surface area contributed by atoms with Gasteiger partial charge in [0.15, 0.2) is 0 Å². The predicted octanol–water partition coefficient (Wildman–Crippen LogP) is 8.12. The van der Waals surface area contributed by atoms with Crippen LogP contribution in [-0.2, 0) is 17.9 Å². The van der Waals surface area contributed by atoms with E-state index in [4.69, 9.17) is 4.74 Å². The Morgan fingerprint density at radius 1 is 1.10 bits per heavy atom. The van der Waals surface area contributed by atoms with Crippen molar-refractivity contribution in [2.75, 3.05) is 11.9 Å². The van der Waals surface area contributed by atoms with Gasteiger partial charge in [-0.05, 0) is 79.3 Å². The molecule has 13 heteroatoms. The third-order valence-electron chi connectivity index (χ3n) is 9.49. The molecule has 49 heavy (non-hydrogen) atoms. The van der Waals surface area contributed by atoms with E-state index in [1.807, 2.05) is 58.4 Å². The predicted molar refractivity (Wildman–Crippen MR) is 196 cm³/mol. The maximum atomic E-state index is 14.2. The summed E-state index contributed by atoms with van der Waals surface area (Å²) >= 11 is 3.49. The van der Waals surface area contributed by atoms with Crippen molar-refractivity contribution in [3.05, 3.63) is 99.5 Å². The van der Waals surface area contributed by atoms with E-state index in [1.165, 1.54) is 6.33 Å². The number of anilines is 1. The number of rotatable bonds is 9. The summed E-state index contributed by atoms with van der Waals surface area (Å²) in [4.78, 5) is 22.7. The molecular weight excluding hydrogens is 706 g/mol. The van der Waals surface area contributed by atoms with Gasteiger partial charge in [-0.1, -0.05) is 66.2 Å². The lowest BCUT2D eigenvalue weighted by molar-refractivity contribution is -0.124. The second-order valence-corrected chi connectivity index (χ2v) is 16.0. The molecule has 0 aliphatic carbocycles. The van der Waals surface area contributed by atoms with Crippen LogP contribution >= 0.6 is 26.7 Å². The summed E-state index contributed by atoms with van der Waals surface area (Å²) in [5.41, 5.74) is 5.98. The minimum atomic E-state index is -3.39. The number of fused-ring (bicyclic) bond motifs is 2. The molecule has 2 atom stereocenters. The fourth-order valence-corrected chi connectivity index (χ4v) is 8.53. The highest BCUT2D eigenvalue weighted by Crippen LogP contribution is 2.58. The van der Waals surface area contributed by atoms with Crippen molar-refractivity contribution in [3.8, 4) is 5.75 Å². The molecule has 11 nitrogen and oxygen atoms in total. The number of benzene rings is 3. The van der Waals surface area contributed by atoms with Crippen molar-refractivity contribution >= 4 is 49.3 Å². The Labute approximate surface area is 296 Å². The molecule has 0 spiro atoms. The first kappa shape index (κ1) is 35.0. The van der Waals surface area contributed by atoms with Gasteiger partial charge in [-0.15, -0.1) is 15.9 Å². The molecule has 0 radical (unpaired) electrons. The number of nitrogens with zero attached hydrogens (tertiary/aromatic N) is 6. The lowest BCUT2D eigenvalue weighted by Crippen LogP contribution is -2.37. The highest BCUT2D eigenvalue weighted by atomic mass is 79.9. The summed E-state index contributed by atoms with van der Waals surface area (Å²) < 4.78 is 34.2. The van der Waals surface area contributed by atoms with Gasteiger partial charge in [-0.2, -0.15) is 4.31 Å². The van der Waals surface area contributed by atoms with E-state index in [1.54, 1.807) is 34.9 Å². The van der Waals surface area contributed by atoms with Crippen LogP contribution < -0.4 is 10.1 Å². The lowest BCUT2D eigenvalue weighted by atomic mass is 9.69. The highest BCUT2D eigenvalue weighted by molar-refractivity contribution is 9.10. The number of nitrogens with one attached hydrogen (secondary N) is 1. The molecule has 3 heterocycles. The van der Waals surface area contributed by atoms with Gasteiger partial charge in [0.1, 0.15) is 28.6 Å². The Morgan fingerprint density at radius 2 is 1.86 bits per heavy atom. The van der Waals surface area contributed by atoms with E-state index in [-0.39, 0.29) is 18.6 Å². The summed E-state index contributed by atoms with van der Waals surface area (Å²) in [6.45, 7) is 13.3. The summed E-state index contributed by atoms with van der Waals surface area (Å²) in [5, 5.41) is 11.9. The minimum absolute atomic E-state index is 0.196. The number of hydrogen-bond acceptors (Lipinski definition) is 9.